The van der Waals surface area contributed by atoms with Crippen LogP contribution in [0.2, 0.25) is 0 Å². The van der Waals surface area contributed by atoms with E-state index in [0.717, 1.165) is 77.0 Å². The lowest BCUT2D eigenvalue weighted by molar-refractivity contribution is -0.870. The molecule has 0 aliphatic carbocycles. The lowest BCUT2D eigenvalue weighted by Crippen LogP contribution is -2.45. The SMILES string of the molecule is CC/C=C\C/C=C\C/C=C\C/C=C\C/C=C\C/C=C\CCCCCCCCCCCCCCCCCCCCCCC(=O)NC(COP(=O)([O-])OCC[N+](C)(C)C)C(O)/C=C/CCCCCCCCCCCCCCC. The van der Waals surface area contributed by atoms with E-state index in [-0.39, 0.29) is 19.1 Å². The molecule has 0 aliphatic heterocycles. The quantitative estimate of drug-likeness (QED) is 0.0272. The van der Waals surface area contributed by atoms with Gasteiger partial charge in [0.05, 0.1) is 39.9 Å². The van der Waals surface area contributed by atoms with Crippen molar-refractivity contribution in [3.05, 3.63) is 85.1 Å². The number of hydrogen-bond acceptors (Lipinski definition) is 6. The van der Waals surface area contributed by atoms with Gasteiger partial charge in [-0.3, -0.25) is 9.36 Å². The number of unbranched alkanes of at least 4 members (excludes halogenated alkanes) is 33. The van der Waals surface area contributed by atoms with Crippen molar-refractivity contribution in [2.45, 2.75) is 296 Å². The number of aliphatic hydroxyl groups excluding tert-OH is 1. The summed E-state index contributed by atoms with van der Waals surface area (Å²) in [6.07, 6.45) is 81.1. The molecular weight excluding hydrogens is 960 g/mol. The molecule has 3 unspecified atom stereocenters. The first kappa shape index (κ1) is 73.7. The van der Waals surface area contributed by atoms with Gasteiger partial charge in [-0.2, -0.15) is 0 Å². The first-order chi connectivity index (χ1) is 37.0. The Morgan fingerprint density at radius 1 is 0.474 bits per heavy atom. The van der Waals surface area contributed by atoms with Gasteiger partial charge in [0.1, 0.15) is 13.2 Å². The van der Waals surface area contributed by atoms with Crippen molar-refractivity contribution in [1.82, 2.24) is 5.32 Å². The van der Waals surface area contributed by atoms with Crippen LogP contribution in [0, 0.1) is 0 Å². The summed E-state index contributed by atoms with van der Waals surface area (Å²) in [5.74, 6) is -0.195. The Bertz CT molecular complexity index is 1510. The number of nitrogens with one attached hydrogen (secondary N) is 1. The fourth-order valence-corrected chi connectivity index (χ4v) is 9.88. The van der Waals surface area contributed by atoms with E-state index in [4.69, 9.17) is 9.05 Å². The maximum Gasteiger partial charge on any atom is 0.268 e. The summed E-state index contributed by atoms with van der Waals surface area (Å²) < 4.78 is 23.4. The summed E-state index contributed by atoms with van der Waals surface area (Å²) in [7, 11) is 1.27. The van der Waals surface area contributed by atoms with Crippen molar-refractivity contribution in [3.63, 3.8) is 0 Å². The summed E-state index contributed by atoms with van der Waals surface area (Å²) in [6, 6.07) is -0.888. The van der Waals surface area contributed by atoms with Gasteiger partial charge in [-0.1, -0.05) is 292 Å². The summed E-state index contributed by atoms with van der Waals surface area (Å²) >= 11 is 0. The molecule has 0 bridgehead atoms. The predicted molar refractivity (Wildman–Crippen MR) is 330 cm³/mol. The first-order valence-corrected chi connectivity index (χ1v) is 33.4. The molecule has 0 spiro atoms. The van der Waals surface area contributed by atoms with Gasteiger partial charge in [0.15, 0.2) is 0 Å². The molecule has 442 valence electrons. The number of phosphoric ester groups is 1. The van der Waals surface area contributed by atoms with E-state index in [1.54, 1.807) is 6.08 Å². The Kier molecular flexibility index (Phi) is 55.6. The van der Waals surface area contributed by atoms with Gasteiger partial charge in [-0.15, -0.1) is 0 Å². The minimum Gasteiger partial charge on any atom is -0.756 e. The zero-order valence-corrected chi connectivity index (χ0v) is 51.3. The van der Waals surface area contributed by atoms with Crippen molar-refractivity contribution in [3.8, 4) is 0 Å². The van der Waals surface area contributed by atoms with E-state index in [1.165, 1.54) is 186 Å². The topological polar surface area (TPSA) is 108 Å². The van der Waals surface area contributed by atoms with Gasteiger partial charge in [-0.05, 0) is 70.6 Å². The van der Waals surface area contributed by atoms with E-state index in [9.17, 15) is 19.4 Å². The molecule has 0 radical (unpaired) electrons. The van der Waals surface area contributed by atoms with Crippen LogP contribution >= 0.6 is 7.82 Å². The molecule has 0 aromatic heterocycles. The van der Waals surface area contributed by atoms with Gasteiger partial charge in [0, 0.05) is 6.42 Å². The third kappa shape index (κ3) is 59.3. The van der Waals surface area contributed by atoms with Crippen LogP contribution in [-0.4, -0.2) is 68.5 Å². The van der Waals surface area contributed by atoms with Crippen LogP contribution in [0.5, 0.6) is 0 Å². The van der Waals surface area contributed by atoms with E-state index in [0.29, 0.717) is 17.4 Å². The van der Waals surface area contributed by atoms with Crippen molar-refractivity contribution < 1.29 is 32.9 Å². The van der Waals surface area contributed by atoms with Gasteiger partial charge >= 0.3 is 0 Å². The Balaban J connectivity index is 3.96. The average Bonchev–Trinajstić information content (AvgIpc) is 3.38. The van der Waals surface area contributed by atoms with Crippen LogP contribution in [0.1, 0.15) is 284 Å². The minimum absolute atomic E-state index is 0.00151. The van der Waals surface area contributed by atoms with Crippen LogP contribution in [0.25, 0.3) is 0 Å². The first-order valence-electron chi connectivity index (χ1n) is 31.9. The van der Waals surface area contributed by atoms with E-state index in [2.05, 4.69) is 92.1 Å². The molecule has 8 nitrogen and oxygen atoms in total. The van der Waals surface area contributed by atoms with Crippen LogP contribution in [-0.2, 0) is 18.4 Å². The monoisotopic (exact) mass is 1080 g/mol. The maximum atomic E-state index is 13.0. The van der Waals surface area contributed by atoms with Crippen molar-refractivity contribution in [1.29, 1.82) is 0 Å². The minimum atomic E-state index is -4.60. The molecule has 0 heterocycles. The number of allylic oxidation sites excluding steroid dienone is 13. The average molecular weight is 1080 g/mol. The number of phosphoric acid groups is 1. The molecule has 0 saturated heterocycles. The molecule has 0 aromatic rings. The Hall–Kier alpha value is -2.32. The molecule has 2 N–H and O–H groups in total. The second kappa shape index (κ2) is 57.4. The Labute approximate surface area is 471 Å². The summed E-state index contributed by atoms with van der Waals surface area (Å²) in [4.78, 5) is 25.5. The number of carbonyl (C=O) groups excluding carboxylic acids is 1. The third-order valence-electron chi connectivity index (χ3n) is 14.1. The lowest BCUT2D eigenvalue weighted by atomic mass is 10.0. The van der Waals surface area contributed by atoms with Crippen molar-refractivity contribution in [2.75, 3.05) is 40.9 Å². The fourth-order valence-electron chi connectivity index (χ4n) is 9.16. The number of amides is 1. The number of quaternary nitrogens is 1. The zero-order chi connectivity index (χ0) is 55.6. The molecule has 9 heteroatoms. The molecule has 0 aliphatic rings. The van der Waals surface area contributed by atoms with E-state index >= 15 is 0 Å². The van der Waals surface area contributed by atoms with Crippen LogP contribution in [0.4, 0.5) is 0 Å². The smallest absolute Gasteiger partial charge is 0.268 e. The molecule has 0 saturated carbocycles. The molecule has 0 fully saturated rings. The summed E-state index contributed by atoms with van der Waals surface area (Å²) in [6.45, 7) is 4.55. The molecule has 76 heavy (non-hydrogen) atoms. The molecule has 0 aromatic carbocycles. The molecule has 0 rings (SSSR count). The summed E-state index contributed by atoms with van der Waals surface area (Å²) in [5, 5.41) is 13.9. The Morgan fingerprint density at radius 3 is 1.17 bits per heavy atom. The lowest BCUT2D eigenvalue weighted by Gasteiger charge is -2.29. The maximum absolute atomic E-state index is 13.0. The highest BCUT2D eigenvalue weighted by Gasteiger charge is 2.23. The van der Waals surface area contributed by atoms with Gasteiger partial charge < -0.3 is 28.8 Å². The number of rotatable bonds is 58. The van der Waals surface area contributed by atoms with Gasteiger partial charge in [-0.25, -0.2) is 0 Å². The molecular formula is C67H123N2O6P. The van der Waals surface area contributed by atoms with Gasteiger partial charge in [0.25, 0.3) is 7.82 Å². The number of aliphatic hydroxyl groups is 1. The van der Waals surface area contributed by atoms with E-state index in [1.807, 2.05) is 27.2 Å². The van der Waals surface area contributed by atoms with E-state index < -0.39 is 20.0 Å². The Morgan fingerprint density at radius 2 is 0.803 bits per heavy atom. The summed E-state index contributed by atoms with van der Waals surface area (Å²) in [5.41, 5.74) is 0. The van der Waals surface area contributed by atoms with Crippen LogP contribution in [0.15, 0.2) is 85.1 Å². The third-order valence-corrected chi connectivity index (χ3v) is 15.1. The number of hydrogen-bond donors (Lipinski definition) is 2. The standard InChI is InChI=1S/C67H123N2O6P/c1-6-8-10-12-14-16-18-20-22-23-24-25-26-27-28-29-30-31-32-33-34-35-36-37-38-39-40-41-42-43-44-45-47-49-51-53-55-57-59-61-67(71)68-65(64-75-76(72,73)74-63-62-69(3,4)5)66(70)60-58-56-54-52-50-48-46-21-19-17-15-13-11-9-7-2/h8,10,14,16,20,22,24-25,27-28,30-31,58,60,65-66,70H,6-7,9,11-13,15,17-19,21,23,26,29,32-57,59,61-64H2,1-5H3,(H-,68,71,72,73)/b10-8-,16-14-,22-20-,25-24-,28-27-,31-30-,60-58+. The highest BCUT2D eigenvalue weighted by molar-refractivity contribution is 7.45. The second-order valence-corrected chi connectivity index (χ2v) is 24.1. The number of carbonyl (C=O) groups is 1. The highest BCUT2D eigenvalue weighted by atomic mass is 31.2. The molecule has 1 amide bonds. The number of nitrogens with zero attached hydrogens (tertiary/aromatic N) is 1. The van der Waals surface area contributed by atoms with Crippen LogP contribution in [0.3, 0.4) is 0 Å². The largest absolute Gasteiger partial charge is 0.756 e. The fraction of sp³-hybridized carbons (Fsp3) is 0.776. The van der Waals surface area contributed by atoms with Gasteiger partial charge in [0.2, 0.25) is 5.91 Å². The molecule has 3 atom stereocenters. The number of likely N-dealkylation sites (N-methyl/N-ethyl adjacent to an activating group) is 1. The normalized spacial score (nSPS) is 14.4. The predicted octanol–water partition coefficient (Wildman–Crippen LogP) is 19.4. The zero-order valence-electron chi connectivity index (χ0n) is 50.4. The second-order valence-electron chi connectivity index (χ2n) is 22.7. The van der Waals surface area contributed by atoms with Crippen molar-refractivity contribution in [2.24, 2.45) is 0 Å². The van der Waals surface area contributed by atoms with Crippen LogP contribution < -0.4 is 10.2 Å². The highest BCUT2D eigenvalue weighted by Crippen LogP contribution is 2.38. The van der Waals surface area contributed by atoms with Crippen molar-refractivity contribution >= 4 is 13.7 Å².